The first-order valence-corrected chi connectivity index (χ1v) is 6.95. The number of aromatic nitrogens is 3. The number of nitrogens with one attached hydrogen (secondary N) is 1. The van der Waals surface area contributed by atoms with Crippen molar-refractivity contribution in [3.63, 3.8) is 0 Å². The summed E-state index contributed by atoms with van der Waals surface area (Å²) in [6, 6.07) is 5.53. The van der Waals surface area contributed by atoms with Crippen LogP contribution in [-0.2, 0) is 6.54 Å². The summed E-state index contributed by atoms with van der Waals surface area (Å²) >= 11 is 0. The molecule has 0 radical (unpaired) electrons. The molecule has 7 heteroatoms. The molecular weight excluding hydrogens is 272 g/mol. The highest BCUT2D eigenvalue weighted by Gasteiger charge is 2.15. The zero-order valence-electron chi connectivity index (χ0n) is 11.6. The van der Waals surface area contributed by atoms with Crippen LogP contribution in [0.15, 0.2) is 30.6 Å². The Labute approximate surface area is 122 Å². The fourth-order valence-electron chi connectivity index (χ4n) is 2.17. The van der Waals surface area contributed by atoms with Crippen molar-refractivity contribution in [2.24, 2.45) is 0 Å². The molecule has 0 amide bonds. The molecule has 21 heavy (non-hydrogen) atoms. The molecule has 1 aromatic heterocycles. The second-order valence-electron chi connectivity index (χ2n) is 4.79. The lowest BCUT2D eigenvalue weighted by atomic mass is 10.1. The monoisotopic (exact) mass is 290 g/mol. The minimum atomic E-state index is -0.587. The average molecular weight is 290 g/mol. The van der Waals surface area contributed by atoms with Gasteiger partial charge in [0.2, 0.25) is 0 Å². The molecule has 1 aliphatic heterocycles. The lowest BCUT2D eigenvalue weighted by molar-refractivity contribution is 0.163. The number of rotatable bonds is 6. The Bertz CT molecular complexity index is 574. The van der Waals surface area contributed by atoms with E-state index in [1.54, 1.807) is 17.1 Å². The first kappa shape index (κ1) is 13.8. The molecule has 0 saturated carbocycles. The van der Waals surface area contributed by atoms with Gasteiger partial charge in [-0.15, -0.1) is 5.10 Å². The Kier molecular flexibility index (Phi) is 4.32. The molecule has 0 bridgehead atoms. The quantitative estimate of drug-likeness (QED) is 0.748. The number of nitrogens with zero attached hydrogens (tertiary/aromatic N) is 3. The second-order valence-corrected chi connectivity index (χ2v) is 4.79. The summed E-state index contributed by atoms with van der Waals surface area (Å²) in [5.41, 5.74) is 0.813. The normalized spacial score (nSPS) is 14.9. The van der Waals surface area contributed by atoms with Gasteiger partial charge in [0.05, 0.1) is 18.8 Å². The fraction of sp³-hybridized carbons (Fsp3) is 0.429. The van der Waals surface area contributed by atoms with Crippen LogP contribution >= 0.6 is 0 Å². The van der Waals surface area contributed by atoms with Crippen LogP contribution in [0.25, 0.3) is 0 Å². The number of hydrogen-bond donors (Lipinski definition) is 2. The number of aliphatic hydroxyl groups excluding tert-OH is 1. The number of fused-ring (bicyclic) bond motifs is 1. The van der Waals surface area contributed by atoms with E-state index in [9.17, 15) is 5.11 Å². The topological polar surface area (TPSA) is 81.4 Å². The molecule has 1 aliphatic rings. The van der Waals surface area contributed by atoms with Gasteiger partial charge >= 0.3 is 0 Å². The van der Waals surface area contributed by atoms with Gasteiger partial charge in [0, 0.05) is 19.3 Å². The molecule has 0 aliphatic carbocycles. The Morgan fingerprint density at radius 2 is 2.14 bits per heavy atom. The molecular formula is C14H18N4O3. The minimum absolute atomic E-state index is 0.467. The van der Waals surface area contributed by atoms with Crippen molar-refractivity contribution >= 4 is 0 Å². The lowest BCUT2D eigenvalue weighted by Crippen LogP contribution is -2.25. The van der Waals surface area contributed by atoms with Gasteiger partial charge in [0.15, 0.2) is 11.5 Å². The number of benzene rings is 1. The lowest BCUT2D eigenvalue weighted by Gasteiger charge is -2.20. The van der Waals surface area contributed by atoms with E-state index in [0.29, 0.717) is 38.6 Å². The van der Waals surface area contributed by atoms with E-state index in [-0.39, 0.29) is 0 Å². The van der Waals surface area contributed by atoms with Crippen molar-refractivity contribution < 1.29 is 14.6 Å². The number of ether oxygens (including phenoxy) is 2. The van der Waals surface area contributed by atoms with Gasteiger partial charge in [-0.05, 0) is 17.7 Å². The van der Waals surface area contributed by atoms with Crippen molar-refractivity contribution in [2.45, 2.75) is 12.6 Å². The van der Waals surface area contributed by atoms with Crippen LogP contribution in [0.3, 0.4) is 0 Å². The molecule has 112 valence electrons. The molecule has 2 aromatic rings. The molecule has 1 aromatic carbocycles. The standard InChI is InChI=1S/C14H18N4O3/c19-12(10-15-3-5-18-6-4-16-17-18)11-1-2-13-14(9-11)21-8-7-20-13/h1-2,4,6,9,12,15,19H,3,5,7-8,10H2. The summed E-state index contributed by atoms with van der Waals surface area (Å²) in [5, 5.41) is 21.0. The Hall–Kier alpha value is -2.12. The minimum Gasteiger partial charge on any atom is -0.486 e. The Morgan fingerprint density at radius 1 is 1.29 bits per heavy atom. The Morgan fingerprint density at radius 3 is 2.95 bits per heavy atom. The van der Waals surface area contributed by atoms with E-state index in [0.717, 1.165) is 11.3 Å². The first-order chi connectivity index (χ1) is 10.3. The zero-order chi connectivity index (χ0) is 14.5. The first-order valence-electron chi connectivity index (χ1n) is 6.95. The van der Waals surface area contributed by atoms with Gasteiger partial charge < -0.3 is 19.9 Å². The molecule has 2 N–H and O–H groups in total. The molecule has 0 fully saturated rings. The fourth-order valence-corrected chi connectivity index (χ4v) is 2.17. The summed E-state index contributed by atoms with van der Waals surface area (Å²) in [7, 11) is 0. The van der Waals surface area contributed by atoms with Crippen molar-refractivity contribution in [2.75, 3.05) is 26.3 Å². The summed E-state index contributed by atoms with van der Waals surface area (Å²) in [6.45, 7) is 3.01. The van der Waals surface area contributed by atoms with Gasteiger partial charge in [0.1, 0.15) is 13.2 Å². The third-order valence-electron chi connectivity index (χ3n) is 3.28. The predicted molar refractivity (Wildman–Crippen MR) is 75.3 cm³/mol. The predicted octanol–water partition coefficient (Wildman–Crippen LogP) is 0.372. The van der Waals surface area contributed by atoms with Crippen LogP contribution in [0.5, 0.6) is 11.5 Å². The maximum Gasteiger partial charge on any atom is 0.161 e. The van der Waals surface area contributed by atoms with E-state index < -0.39 is 6.10 Å². The highest BCUT2D eigenvalue weighted by Crippen LogP contribution is 2.32. The van der Waals surface area contributed by atoms with Crippen LogP contribution in [0.4, 0.5) is 0 Å². The highest BCUT2D eigenvalue weighted by atomic mass is 16.6. The molecule has 0 spiro atoms. The van der Waals surface area contributed by atoms with Gasteiger partial charge in [-0.25, -0.2) is 0 Å². The van der Waals surface area contributed by atoms with Gasteiger partial charge in [-0.2, -0.15) is 0 Å². The highest BCUT2D eigenvalue weighted by molar-refractivity contribution is 5.44. The summed E-state index contributed by atoms with van der Waals surface area (Å²) < 4.78 is 12.7. The summed E-state index contributed by atoms with van der Waals surface area (Å²) in [6.07, 6.45) is 2.86. The SMILES string of the molecule is OC(CNCCn1ccnn1)c1ccc2c(c1)OCCO2. The molecule has 3 rings (SSSR count). The van der Waals surface area contributed by atoms with Gasteiger partial charge in [0.25, 0.3) is 0 Å². The maximum atomic E-state index is 10.2. The van der Waals surface area contributed by atoms with Crippen LogP contribution in [0.1, 0.15) is 11.7 Å². The van der Waals surface area contributed by atoms with Crippen LogP contribution in [0, 0.1) is 0 Å². The molecule has 0 saturated heterocycles. The van der Waals surface area contributed by atoms with Crippen LogP contribution < -0.4 is 14.8 Å². The van der Waals surface area contributed by atoms with Crippen molar-refractivity contribution in [3.05, 3.63) is 36.2 Å². The number of aliphatic hydroxyl groups is 1. The summed E-state index contributed by atoms with van der Waals surface area (Å²) in [4.78, 5) is 0. The zero-order valence-corrected chi connectivity index (χ0v) is 11.6. The smallest absolute Gasteiger partial charge is 0.161 e. The summed E-state index contributed by atoms with van der Waals surface area (Å²) in [5.74, 6) is 1.43. The van der Waals surface area contributed by atoms with E-state index >= 15 is 0 Å². The van der Waals surface area contributed by atoms with Crippen molar-refractivity contribution in [3.8, 4) is 11.5 Å². The third kappa shape index (κ3) is 3.50. The van der Waals surface area contributed by atoms with E-state index in [1.807, 2.05) is 18.2 Å². The molecule has 7 nitrogen and oxygen atoms in total. The third-order valence-corrected chi connectivity index (χ3v) is 3.28. The average Bonchev–Trinajstić information content (AvgIpc) is 3.04. The van der Waals surface area contributed by atoms with Crippen LogP contribution in [0.2, 0.25) is 0 Å². The largest absolute Gasteiger partial charge is 0.486 e. The maximum absolute atomic E-state index is 10.2. The van der Waals surface area contributed by atoms with E-state index in [2.05, 4.69) is 15.6 Å². The Balaban J connectivity index is 1.49. The van der Waals surface area contributed by atoms with Crippen molar-refractivity contribution in [1.29, 1.82) is 0 Å². The molecule has 2 heterocycles. The number of hydrogen-bond acceptors (Lipinski definition) is 6. The molecule has 1 unspecified atom stereocenters. The molecule has 1 atom stereocenters. The van der Waals surface area contributed by atoms with Gasteiger partial charge in [-0.1, -0.05) is 11.3 Å². The van der Waals surface area contributed by atoms with Gasteiger partial charge in [-0.3, -0.25) is 4.68 Å². The second kappa shape index (κ2) is 6.55. The van der Waals surface area contributed by atoms with E-state index in [4.69, 9.17) is 9.47 Å². The van der Waals surface area contributed by atoms with Crippen LogP contribution in [-0.4, -0.2) is 46.4 Å². The van der Waals surface area contributed by atoms with Crippen molar-refractivity contribution in [1.82, 2.24) is 20.3 Å². The van der Waals surface area contributed by atoms with E-state index in [1.165, 1.54) is 0 Å².